The van der Waals surface area contributed by atoms with Crippen LogP contribution in [0.5, 0.6) is 0 Å². The monoisotopic (exact) mass is 429 g/mol. The fourth-order valence-electron chi connectivity index (χ4n) is 3.77. The van der Waals surface area contributed by atoms with Gasteiger partial charge in [0.1, 0.15) is 0 Å². The number of carbonyl (C=O) groups excluding carboxylic acids is 1. The van der Waals surface area contributed by atoms with E-state index in [1.807, 2.05) is 23.1 Å². The second-order valence-electron chi connectivity index (χ2n) is 7.09. The Labute approximate surface area is 166 Å². The Bertz CT molecular complexity index is 863. The largest absolute Gasteiger partial charge is 0.368 e. The molecule has 2 aromatic rings. The Morgan fingerprint density at radius 1 is 1.07 bits per heavy atom. The molecule has 2 aromatic carbocycles. The van der Waals surface area contributed by atoms with Crippen LogP contribution < -0.4 is 4.90 Å². The number of piperazine rings is 1. The summed E-state index contributed by atoms with van der Waals surface area (Å²) in [6, 6.07) is 14.9. The number of amides is 1. The van der Waals surface area contributed by atoms with Gasteiger partial charge in [0.05, 0.1) is 4.92 Å². The molecule has 2 atom stereocenters. The lowest BCUT2D eigenvalue weighted by molar-refractivity contribution is -0.384. The maximum absolute atomic E-state index is 12.8. The molecule has 1 amide bonds. The summed E-state index contributed by atoms with van der Waals surface area (Å²) < 4.78 is 1.05. The highest BCUT2D eigenvalue weighted by atomic mass is 79.9. The van der Waals surface area contributed by atoms with Crippen molar-refractivity contribution >= 4 is 33.2 Å². The predicted octanol–water partition coefficient (Wildman–Crippen LogP) is 3.81. The van der Waals surface area contributed by atoms with Gasteiger partial charge in [0, 0.05) is 54.4 Å². The molecule has 1 saturated carbocycles. The van der Waals surface area contributed by atoms with Gasteiger partial charge in [-0.3, -0.25) is 14.9 Å². The molecule has 2 aliphatic rings. The highest BCUT2D eigenvalue weighted by molar-refractivity contribution is 9.10. The summed E-state index contributed by atoms with van der Waals surface area (Å²) in [5.74, 6) is 0.664. The summed E-state index contributed by atoms with van der Waals surface area (Å²) in [6.07, 6.45) is 0.922. The Hall–Kier alpha value is -2.41. The summed E-state index contributed by atoms with van der Waals surface area (Å²) in [5, 5.41) is 11.0. The van der Waals surface area contributed by atoms with Crippen molar-refractivity contribution in [1.82, 2.24) is 4.90 Å². The number of nitro benzene ring substituents is 1. The van der Waals surface area contributed by atoms with Crippen molar-refractivity contribution < 1.29 is 9.72 Å². The van der Waals surface area contributed by atoms with Crippen LogP contribution in [0.1, 0.15) is 17.9 Å². The highest BCUT2D eigenvalue weighted by Gasteiger charge is 2.46. The van der Waals surface area contributed by atoms with Gasteiger partial charge in [-0.2, -0.15) is 0 Å². The number of nitrogens with zero attached hydrogens (tertiary/aromatic N) is 3. The van der Waals surface area contributed by atoms with Gasteiger partial charge >= 0.3 is 0 Å². The number of rotatable bonds is 4. The Kier molecular flexibility index (Phi) is 4.86. The normalized spacial score (nSPS) is 21.8. The van der Waals surface area contributed by atoms with Gasteiger partial charge in [-0.05, 0) is 36.1 Å². The minimum Gasteiger partial charge on any atom is -0.368 e. The van der Waals surface area contributed by atoms with Crippen LogP contribution in [0.15, 0.2) is 53.0 Å². The quantitative estimate of drug-likeness (QED) is 0.547. The SMILES string of the molecule is O=C(C1CC1c1ccc(Br)cc1)N1CCN(c2cccc([N+](=O)[O-])c2)CC1. The first-order chi connectivity index (χ1) is 13.0. The first kappa shape index (κ1) is 18.0. The number of anilines is 1. The van der Waals surface area contributed by atoms with Crippen LogP contribution in [0.4, 0.5) is 11.4 Å². The van der Waals surface area contributed by atoms with E-state index in [0.29, 0.717) is 32.1 Å². The number of non-ortho nitro benzene ring substituents is 1. The molecule has 2 fully saturated rings. The smallest absolute Gasteiger partial charge is 0.271 e. The first-order valence-electron chi connectivity index (χ1n) is 9.06. The molecule has 6 nitrogen and oxygen atoms in total. The molecule has 0 spiro atoms. The number of hydrogen-bond acceptors (Lipinski definition) is 4. The molecule has 1 aliphatic heterocycles. The number of carbonyl (C=O) groups is 1. The van der Waals surface area contributed by atoms with Crippen molar-refractivity contribution in [2.75, 3.05) is 31.1 Å². The molecule has 1 saturated heterocycles. The van der Waals surface area contributed by atoms with Gasteiger partial charge in [-0.15, -0.1) is 0 Å². The number of hydrogen-bond donors (Lipinski definition) is 0. The molecular weight excluding hydrogens is 410 g/mol. The van der Waals surface area contributed by atoms with E-state index in [-0.39, 0.29) is 22.4 Å². The average molecular weight is 430 g/mol. The van der Waals surface area contributed by atoms with Gasteiger partial charge < -0.3 is 9.80 Å². The predicted molar refractivity (Wildman–Crippen MR) is 107 cm³/mol. The van der Waals surface area contributed by atoms with Gasteiger partial charge in [-0.1, -0.05) is 34.1 Å². The first-order valence-corrected chi connectivity index (χ1v) is 9.86. The third-order valence-electron chi connectivity index (χ3n) is 5.40. The van der Waals surface area contributed by atoms with Crippen LogP contribution in [0, 0.1) is 16.0 Å². The van der Waals surface area contributed by atoms with Crippen LogP contribution in [0.25, 0.3) is 0 Å². The second kappa shape index (κ2) is 7.31. The zero-order valence-electron chi connectivity index (χ0n) is 14.8. The van der Waals surface area contributed by atoms with Gasteiger partial charge in [-0.25, -0.2) is 0 Å². The molecule has 0 bridgehead atoms. The topological polar surface area (TPSA) is 66.7 Å². The van der Waals surface area contributed by atoms with E-state index in [0.717, 1.165) is 16.6 Å². The van der Waals surface area contributed by atoms with Crippen LogP contribution in [-0.2, 0) is 4.79 Å². The highest BCUT2D eigenvalue weighted by Crippen LogP contribution is 2.48. The summed E-state index contributed by atoms with van der Waals surface area (Å²) in [4.78, 5) is 27.4. The number of halogens is 1. The maximum atomic E-state index is 12.8. The summed E-state index contributed by atoms with van der Waals surface area (Å²) >= 11 is 3.44. The molecule has 0 N–H and O–H groups in total. The molecule has 0 aromatic heterocycles. The van der Waals surface area contributed by atoms with E-state index in [2.05, 4.69) is 33.0 Å². The van der Waals surface area contributed by atoms with Crippen molar-refractivity contribution in [2.24, 2.45) is 5.92 Å². The molecule has 0 radical (unpaired) electrons. The summed E-state index contributed by atoms with van der Waals surface area (Å²) in [5.41, 5.74) is 2.17. The van der Waals surface area contributed by atoms with Crippen molar-refractivity contribution in [1.29, 1.82) is 0 Å². The molecule has 2 unspecified atom stereocenters. The lowest BCUT2D eigenvalue weighted by atomic mass is 10.1. The Balaban J connectivity index is 1.34. The molecule has 140 valence electrons. The third kappa shape index (κ3) is 3.83. The van der Waals surface area contributed by atoms with Gasteiger partial charge in [0.2, 0.25) is 5.91 Å². The Morgan fingerprint density at radius 2 is 1.78 bits per heavy atom. The fourth-order valence-corrected chi connectivity index (χ4v) is 4.03. The van der Waals surface area contributed by atoms with Crippen molar-refractivity contribution in [2.45, 2.75) is 12.3 Å². The minimum atomic E-state index is -0.376. The van der Waals surface area contributed by atoms with E-state index in [1.54, 1.807) is 12.1 Å². The summed E-state index contributed by atoms with van der Waals surface area (Å²) in [7, 11) is 0. The van der Waals surface area contributed by atoms with Crippen LogP contribution in [0.2, 0.25) is 0 Å². The zero-order chi connectivity index (χ0) is 19.0. The van der Waals surface area contributed by atoms with Crippen molar-refractivity contribution in [3.8, 4) is 0 Å². The van der Waals surface area contributed by atoms with Crippen molar-refractivity contribution in [3.05, 3.63) is 68.7 Å². The molecule has 27 heavy (non-hydrogen) atoms. The standard InChI is InChI=1S/C20H20BrN3O3/c21-15-6-4-14(5-7-15)18-13-19(18)20(25)23-10-8-22(9-11-23)16-2-1-3-17(12-16)24(26)27/h1-7,12,18-19H,8-11,13H2. The lowest BCUT2D eigenvalue weighted by Crippen LogP contribution is -2.49. The van der Waals surface area contributed by atoms with E-state index >= 15 is 0 Å². The lowest BCUT2D eigenvalue weighted by Gasteiger charge is -2.36. The van der Waals surface area contributed by atoms with Gasteiger partial charge in [0.25, 0.3) is 5.69 Å². The second-order valence-corrected chi connectivity index (χ2v) is 8.01. The van der Waals surface area contributed by atoms with Crippen LogP contribution >= 0.6 is 15.9 Å². The molecule has 7 heteroatoms. The fraction of sp³-hybridized carbons (Fsp3) is 0.350. The zero-order valence-corrected chi connectivity index (χ0v) is 16.3. The third-order valence-corrected chi connectivity index (χ3v) is 5.93. The molecule has 1 heterocycles. The van der Waals surface area contributed by atoms with Gasteiger partial charge in [0.15, 0.2) is 0 Å². The minimum absolute atomic E-state index is 0.0931. The van der Waals surface area contributed by atoms with Crippen molar-refractivity contribution in [3.63, 3.8) is 0 Å². The molecular formula is C20H20BrN3O3. The van der Waals surface area contributed by atoms with Crippen LogP contribution in [0.3, 0.4) is 0 Å². The number of nitro groups is 1. The van der Waals surface area contributed by atoms with E-state index in [1.165, 1.54) is 11.6 Å². The Morgan fingerprint density at radius 3 is 2.44 bits per heavy atom. The molecule has 1 aliphatic carbocycles. The molecule has 4 rings (SSSR count). The van der Waals surface area contributed by atoms with E-state index in [4.69, 9.17) is 0 Å². The summed E-state index contributed by atoms with van der Waals surface area (Å²) in [6.45, 7) is 2.71. The van der Waals surface area contributed by atoms with E-state index < -0.39 is 0 Å². The average Bonchev–Trinajstić information content (AvgIpc) is 3.49. The number of benzene rings is 2. The van der Waals surface area contributed by atoms with E-state index in [9.17, 15) is 14.9 Å². The van der Waals surface area contributed by atoms with Crippen LogP contribution in [-0.4, -0.2) is 41.9 Å². The maximum Gasteiger partial charge on any atom is 0.271 e.